The summed E-state index contributed by atoms with van der Waals surface area (Å²) in [4.78, 5) is 43.0. The van der Waals surface area contributed by atoms with E-state index < -0.39 is 5.54 Å². The van der Waals surface area contributed by atoms with Gasteiger partial charge in [-0.1, -0.05) is 38.8 Å². The summed E-state index contributed by atoms with van der Waals surface area (Å²) in [7, 11) is 0. The molecule has 0 radical (unpaired) electrons. The van der Waals surface area contributed by atoms with Crippen molar-refractivity contribution in [2.45, 2.75) is 64.0 Å². The van der Waals surface area contributed by atoms with Crippen LogP contribution in [-0.4, -0.2) is 44.4 Å². The summed E-state index contributed by atoms with van der Waals surface area (Å²) in [5.41, 5.74) is 1.01. The molecule has 0 bridgehead atoms. The first-order valence-electron chi connectivity index (χ1n) is 10.9. The number of imidazole rings is 1. The number of carbonyl (C=O) groups excluding carboxylic acids is 3. The number of imide groups is 1. The zero-order chi connectivity index (χ0) is 22.0. The van der Waals surface area contributed by atoms with Crippen molar-refractivity contribution in [2.75, 3.05) is 11.9 Å². The first-order chi connectivity index (χ1) is 14.9. The Morgan fingerprint density at radius 2 is 2.03 bits per heavy atom. The summed E-state index contributed by atoms with van der Waals surface area (Å²) in [6, 6.07) is 7.29. The maximum Gasteiger partial charge on any atom is 0.325 e. The number of benzene rings is 1. The van der Waals surface area contributed by atoms with Gasteiger partial charge in [0.25, 0.3) is 5.91 Å². The molecule has 164 valence electrons. The first-order valence-corrected chi connectivity index (χ1v) is 10.9. The fourth-order valence-electron chi connectivity index (χ4n) is 4.53. The van der Waals surface area contributed by atoms with Gasteiger partial charge in [0, 0.05) is 43.5 Å². The molecule has 2 fully saturated rings. The van der Waals surface area contributed by atoms with Crippen molar-refractivity contribution in [3.63, 3.8) is 0 Å². The number of urea groups is 1. The molecule has 1 aliphatic heterocycles. The normalized spacial score (nSPS) is 17.6. The van der Waals surface area contributed by atoms with Gasteiger partial charge in [-0.05, 0) is 30.5 Å². The third kappa shape index (κ3) is 4.33. The molecular weight excluding hydrogens is 394 g/mol. The van der Waals surface area contributed by atoms with Gasteiger partial charge in [0.1, 0.15) is 11.4 Å². The van der Waals surface area contributed by atoms with Gasteiger partial charge >= 0.3 is 6.03 Å². The van der Waals surface area contributed by atoms with Crippen LogP contribution in [0, 0.1) is 0 Å². The Hall–Kier alpha value is -3.16. The van der Waals surface area contributed by atoms with Crippen LogP contribution >= 0.6 is 0 Å². The molecule has 1 aliphatic carbocycles. The molecule has 2 heterocycles. The Morgan fingerprint density at radius 1 is 1.26 bits per heavy atom. The average molecular weight is 424 g/mol. The second-order valence-corrected chi connectivity index (χ2v) is 8.74. The van der Waals surface area contributed by atoms with E-state index in [9.17, 15) is 14.4 Å². The fourth-order valence-corrected chi connectivity index (χ4v) is 4.53. The van der Waals surface area contributed by atoms with Crippen LogP contribution in [0.3, 0.4) is 0 Å². The highest BCUT2D eigenvalue weighted by Crippen LogP contribution is 2.35. The highest BCUT2D eigenvalue weighted by Gasteiger charge is 2.52. The van der Waals surface area contributed by atoms with Gasteiger partial charge in [0.05, 0.1) is 0 Å². The molecular formula is C23H29N5O3. The molecule has 1 saturated heterocycles. The van der Waals surface area contributed by atoms with Gasteiger partial charge < -0.3 is 15.2 Å². The molecule has 2 aliphatic rings. The maximum atomic E-state index is 12.7. The molecule has 0 unspecified atom stereocenters. The van der Waals surface area contributed by atoms with Crippen LogP contribution in [-0.2, 0) is 16.1 Å². The Kier molecular flexibility index (Phi) is 5.80. The molecule has 4 amide bonds. The molecule has 1 aromatic carbocycles. The topological polar surface area (TPSA) is 96.3 Å². The number of nitrogens with zero attached hydrogens (tertiary/aromatic N) is 3. The van der Waals surface area contributed by atoms with Gasteiger partial charge in [0.15, 0.2) is 0 Å². The molecule has 1 aromatic heterocycles. The van der Waals surface area contributed by atoms with E-state index >= 15 is 0 Å². The van der Waals surface area contributed by atoms with Gasteiger partial charge in [-0.3, -0.25) is 14.5 Å². The summed E-state index contributed by atoms with van der Waals surface area (Å²) in [5.74, 6) is 0.927. The third-order valence-corrected chi connectivity index (χ3v) is 6.09. The average Bonchev–Trinajstić information content (AvgIpc) is 3.43. The number of amides is 4. The van der Waals surface area contributed by atoms with Crippen LogP contribution in [0.15, 0.2) is 36.7 Å². The summed E-state index contributed by atoms with van der Waals surface area (Å²) < 4.78 is 2.10. The molecule has 8 heteroatoms. The van der Waals surface area contributed by atoms with E-state index in [1.807, 2.05) is 30.5 Å². The lowest BCUT2D eigenvalue weighted by Crippen LogP contribution is -2.44. The molecule has 2 N–H and O–H groups in total. The zero-order valence-electron chi connectivity index (χ0n) is 18.1. The van der Waals surface area contributed by atoms with E-state index in [0.29, 0.717) is 31.0 Å². The van der Waals surface area contributed by atoms with E-state index in [1.54, 1.807) is 6.20 Å². The second kappa shape index (κ2) is 8.53. The number of hydrogen-bond acceptors (Lipinski definition) is 4. The van der Waals surface area contributed by atoms with Crippen LogP contribution in [0.2, 0.25) is 0 Å². The van der Waals surface area contributed by atoms with Gasteiger partial charge in [-0.25, -0.2) is 9.78 Å². The summed E-state index contributed by atoms with van der Waals surface area (Å²) >= 11 is 0. The minimum atomic E-state index is -0.732. The Balaban J connectivity index is 1.34. The quantitative estimate of drug-likeness (QED) is 0.668. The van der Waals surface area contributed by atoms with E-state index in [2.05, 4.69) is 34.0 Å². The monoisotopic (exact) mass is 423 g/mol. The molecule has 4 rings (SSSR count). The lowest BCUT2D eigenvalue weighted by Gasteiger charge is -2.19. The van der Waals surface area contributed by atoms with Gasteiger partial charge in [-0.15, -0.1) is 0 Å². The smallest absolute Gasteiger partial charge is 0.325 e. The SMILES string of the molecule is CC(C)c1nccn1Cc1cccc(NC(=O)CCN2C(=O)NC3(CCCC3)C2=O)c1. The number of anilines is 1. The number of rotatable bonds is 7. The van der Waals surface area contributed by atoms with Crippen LogP contribution in [0.1, 0.15) is 63.3 Å². The molecule has 8 nitrogen and oxygen atoms in total. The molecule has 2 aromatic rings. The summed E-state index contributed by atoms with van der Waals surface area (Å²) in [5, 5.41) is 5.72. The van der Waals surface area contributed by atoms with Crippen LogP contribution in [0.5, 0.6) is 0 Å². The molecule has 1 spiro atoms. The fraction of sp³-hybridized carbons (Fsp3) is 0.478. The van der Waals surface area contributed by atoms with E-state index in [1.165, 1.54) is 4.90 Å². The number of aromatic nitrogens is 2. The van der Waals surface area contributed by atoms with Gasteiger partial charge in [-0.2, -0.15) is 0 Å². The van der Waals surface area contributed by atoms with Crippen molar-refractivity contribution in [3.05, 3.63) is 48.0 Å². The lowest BCUT2D eigenvalue weighted by atomic mass is 9.98. The number of hydrogen-bond donors (Lipinski definition) is 2. The highest BCUT2D eigenvalue weighted by molar-refractivity contribution is 6.07. The zero-order valence-corrected chi connectivity index (χ0v) is 18.1. The van der Waals surface area contributed by atoms with Crippen LogP contribution in [0.4, 0.5) is 10.5 Å². The Morgan fingerprint density at radius 3 is 2.77 bits per heavy atom. The standard InChI is InChI=1S/C23H29N5O3/c1-16(2)20-24-11-13-27(20)15-17-6-5-7-18(14-17)25-19(29)8-12-28-21(30)23(26-22(28)31)9-3-4-10-23/h5-7,11,13-14,16H,3-4,8-10,12,15H2,1-2H3,(H,25,29)(H,26,31). The van der Waals surface area contributed by atoms with Gasteiger partial charge in [0.2, 0.25) is 5.91 Å². The van der Waals surface area contributed by atoms with Crippen LogP contribution < -0.4 is 10.6 Å². The summed E-state index contributed by atoms with van der Waals surface area (Å²) in [6.07, 6.45) is 7.06. The van der Waals surface area contributed by atoms with Crippen molar-refractivity contribution in [3.8, 4) is 0 Å². The van der Waals surface area contributed by atoms with Crippen molar-refractivity contribution >= 4 is 23.5 Å². The Bertz CT molecular complexity index is 991. The third-order valence-electron chi connectivity index (χ3n) is 6.09. The van der Waals surface area contributed by atoms with Crippen LogP contribution in [0.25, 0.3) is 0 Å². The van der Waals surface area contributed by atoms with Crippen molar-refractivity contribution in [1.29, 1.82) is 0 Å². The van der Waals surface area contributed by atoms with Crippen molar-refractivity contribution in [2.24, 2.45) is 0 Å². The minimum absolute atomic E-state index is 0.0679. The minimum Gasteiger partial charge on any atom is -0.330 e. The highest BCUT2D eigenvalue weighted by atomic mass is 16.2. The maximum absolute atomic E-state index is 12.7. The summed E-state index contributed by atoms with van der Waals surface area (Å²) in [6.45, 7) is 4.97. The predicted octanol–water partition coefficient (Wildman–Crippen LogP) is 3.25. The van der Waals surface area contributed by atoms with E-state index in [0.717, 1.165) is 24.2 Å². The number of nitrogens with one attached hydrogen (secondary N) is 2. The lowest BCUT2D eigenvalue weighted by molar-refractivity contribution is -0.131. The first kappa shape index (κ1) is 21.1. The van der Waals surface area contributed by atoms with Crippen molar-refractivity contribution in [1.82, 2.24) is 19.8 Å². The van der Waals surface area contributed by atoms with Crippen molar-refractivity contribution < 1.29 is 14.4 Å². The van der Waals surface area contributed by atoms with E-state index in [4.69, 9.17) is 0 Å². The number of carbonyl (C=O) groups is 3. The largest absolute Gasteiger partial charge is 0.330 e. The molecule has 31 heavy (non-hydrogen) atoms. The molecule has 0 atom stereocenters. The predicted molar refractivity (Wildman–Crippen MR) is 117 cm³/mol. The second-order valence-electron chi connectivity index (χ2n) is 8.74. The Labute approximate surface area is 182 Å². The van der Waals surface area contributed by atoms with E-state index in [-0.39, 0.29) is 30.8 Å². The molecule has 1 saturated carbocycles.